The number of benzene rings is 1. The third-order valence-corrected chi connectivity index (χ3v) is 6.26. The van der Waals surface area contributed by atoms with Crippen LogP contribution in [-0.4, -0.2) is 19.3 Å². The second-order valence-electron chi connectivity index (χ2n) is 5.14. The molecule has 0 radical (unpaired) electrons. The van der Waals surface area contributed by atoms with Crippen LogP contribution in [0.1, 0.15) is 30.3 Å². The van der Waals surface area contributed by atoms with Crippen LogP contribution in [0.2, 0.25) is 5.02 Å². The number of hydrogen-bond acceptors (Lipinski definition) is 5. The van der Waals surface area contributed by atoms with Crippen molar-refractivity contribution in [3.63, 3.8) is 0 Å². The van der Waals surface area contributed by atoms with Crippen LogP contribution >= 0.6 is 11.6 Å². The molecular weight excluding hydrogens is 312 g/mol. The van der Waals surface area contributed by atoms with Crippen LogP contribution in [0.3, 0.4) is 0 Å². The maximum atomic E-state index is 12.3. The molecule has 2 heterocycles. The summed E-state index contributed by atoms with van der Waals surface area (Å²) in [7, 11) is -3.24. The van der Waals surface area contributed by atoms with E-state index in [1.807, 2.05) is 6.07 Å². The van der Waals surface area contributed by atoms with Gasteiger partial charge >= 0.3 is 0 Å². The molecule has 0 saturated carbocycles. The van der Waals surface area contributed by atoms with E-state index in [4.69, 9.17) is 21.9 Å². The van der Waals surface area contributed by atoms with Crippen molar-refractivity contribution >= 4 is 27.3 Å². The molecule has 1 fully saturated rings. The average Bonchev–Trinajstić information content (AvgIpc) is 2.80. The van der Waals surface area contributed by atoms with E-state index in [2.05, 4.69) is 5.16 Å². The van der Waals surface area contributed by atoms with Crippen LogP contribution < -0.4 is 5.73 Å². The Kier molecular flexibility index (Phi) is 3.67. The van der Waals surface area contributed by atoms with E-state index in [0.717, 1.165) is 6.42 Å². The molecule has 0 spiro atoms. The first-order valence-corrected chi connectivity index (χ1v) is 8.81. The Morgan fingerprint density at radius 3 is 2.76 bits per heavy atom. The minimum absolute atomic E-state index is 0.166. The molecule has 1 aliphatic heterocycles. The molecule has 1 aromatic heterocycles. The van der Waals surface area contributed by atoms with Crippen LogP contribution in [0.15, 0.2) is 28.8 Å². The van der Waals surface area contributed by atoms with Crippen molar-refractivity contribution < 1.29 is 12.9 Å². The van der Waals surface area contributed by atoms with E-state index in [-0.39, 0.29) is 11.6 Å². The Labute approximate surface area is 128 Å². The zero-order valence-corrected chi connectivity index (χ0v) is 12.8. The summed E-state index contributed by atoms with van der Waals surface area (Å²) in [6.45, 7) is 0. The lowest BCUT2D eigenvalue weighted by Crippen LogP contribution is -2.21. The maximum Gasteiger partial charge on any atom is 0.175 e. The van der Waals surface area contributed by atoms with Crippen molar-refractivity contribution in [2.45, 2.75) is 24.5 Å². The molecule has 1 aliphatic rings. The van der Waals surface area contributed by atoms with Gasteiger partial charge in [-0.15, -0.1) is 0 Å². The molecule has 7 heteroatoms. The highest BCUT2D eigenvalue weighted by Gasteiger charge is 2.36. The number of nitrogens with two attached hydrogens (primary N) is 1. The van der Waals surface area contributed by atoms with E-state index >= 15 is 0 Å². The number of aromatic nitrogens is 1. The molecule has 3 rings (SSSR count). The van der Waals surface area contributed by atoms with Crippen LogP contribution in [0, 0.1) is 0 Å². The van der Waals surface area contributed by atoms with Gasteiger partial charge in [0.25, 0.3) is 0 Å². The Balaban J connectivity index is 2.16. The summed E-state index contributed by atoms with van der Waals surface area (Å²) in [6, 6.07) is 7.12. The lowest BCUT2D eigenvalue weighted by atomic mass is 10.0. The molecule has 2 N–H and O–H groups in total. The predicted molar refractivity (Wildman–Crippen MR) is 81.7 cm³/mol. The first-order chi connectivity index (χ1) is 10.0. The molecule has 21 heavy (non-hydrogen) atoms. The van der Waals surface area contributed by atoms with E-state index in [0.29, 0.717) is 34.8 Å². The van der Waals surface area contributed by atoms with Crippen molar-refractivity contribution in [2.75, 3.05) is 11.5 Å². The van der Waals surface area contributed by atoms with Crippen LogP contribution in [-0.2, 0) is 9.84 Å². The number of anilines is 1. The molecule has 1 saturated heterocycles. The van der Waals surface area contributed by atoms with E-state index in [1.54, 1.807) is 18.2 Å². The van der Waals surface area contributed by atoms with E-state index in [9.17, 15) is 8.42 Å². The van der Waals surface area contributed by atoms with E-state index in [1.165, 1.54) is 0 Å². The quantitative estimate of drug-likeness (QED) is 0.915. The van der Waals surface area contributed by atoms with Gasteiger partial charge in [0.15, 0.2) is 21.4 Å². The van der Waals surface area contributed by atoms with Crippen LogP contribution in [0.25, 0.3) is 11.1 Å². The van der Waals surface area contributed by atoms with Gasteiger partial charge in [-0.05, 0) is 18.9 Å². The number of rotatable bonds is 2. The number of halogens is 1. The minimum Gasteiger partial charge on any atom is -0.380 e. The number of nitrogen functional groups attached to an aromatic ring is 1. The third kappa shape index (κ3) is 2.53. The van der Waals surface area contributed by atoms with Crippen molar-refractivity contribution in [2.24, 2.45) is 0 Å². The van der Waals surface area contributed by atoms with Crippen LogP contribution in [0.5, 0.6) is 0 Å². The monoisotopic (exact) mass is 326 g/mol. The van der Waals surface area contributed by atoms with Crippen LogP contribution in [0.4, 0.5) is 5.82 Å². The summed E-state index contributed by atoms with van der Waals surface area (Å²) < 4.78 is 29.9. The lowest BCUT2D eigenvalue weighted by molar-refractivity contribution is 0.372. The Morgan fingerprint density at radius 2 is 2.05 bits per heavy atom. The largest absolute Gasteiger partial charge is 0.380 e. The molecule has 1 atom stereocenters. The van der Waals surface area contributed by atoms with Crippen molar-refractivity contribution in [3.05, 3.63) is 35.0 Å². The normalized spacial score (nSPS) is 21.3. The van der Waals surface area contributed by atoms with Crippen molar-refractivity contribution in [3.8, 4) is 11.1 Å². The minimum atomic E-state index is -3.24. The number of hydrogen-bond donors (Lipinski definition) is 1. The standard InChI is InChI=1S/C14H15ClN2O3S/c15-10-6-2-1-5-9(10)12-13(20-17-14(12)16)11-7-3-4-8-21(11,18)19/h1-2,5-6,11H,3-4,7-8H2,(H2,16,17). The molecular formula is C14H15ClN2O3S. The Bertz CT molecular complexity index is 770. The molecule has 0 aliphatic carbocycles. The fourth-order valence-electron chi connectivity index (χ4n) is 2.72. The Hall–Kier alpha value is -1.53. The smallest absolute Gasteiger partial charge is 0.175 e. The van der Waals surface area contributed by atoms with Gasteiger partial charge in [-0.2, -0.15) is 0 Å². The zero-order valence-electron chi connectivity index (χ0n) is 11.3. The van der Waals surface area contributed by atoms with Crippen molar-refractivity contribution in [1.82, 2.24) is 5.16 Å². The lowest BCUT2D eigenvalue weighted by Gasteiger charge is -2.21. The van der Waals surface area contributed by atoms with E-state index < -0.39 is 15.1 Å². The molecule has 112 valence electrons. The highest BCUT2D eigenvalue weighted by atomic mass is 35.5. The van der Waals surface area contributed by atoms with Crippen molar-refractivity contribution in [1.29, 1.82) is 0 Å². The molecule has 0 bridgehead atoms. The van der Waals surface area contributed by atoms with Gasteiger partial charge in [-0.3, -0.25) is 0 Å². The average molecular weight is 327 g/mol. The highest BCUT2D eigenvalue weighted by Crippen LogP contribution is 2.43. The summed E-state index contributed by atoms with van der Waals surface area (Å²) >= 11 is 6.20. The van der Waals surface area contributed by atoms with Gasteiger partial charge in [0.05, 0.1) is 11.3 Å². The summed E-state index contributed by atoms with van der Waals surface area (Å²) in [4.78, 5) is 0. The molecule has 5 nitrogen and oxygen atoms in total. The summed E-state index contributed by atoms with van der Waals surface area (Å²) in [6.07, 6.45) is 2.05. The van der Waals surface area contributed by atoms with Gasteiger partial charge in [0.2, 0.25) is 0 Å². The molecule has 0 amide bonds. The zero-order chi connectivity index (χ0) is 15.0. The first kappa shape index (κ1) is 14.4. The maximum absolute atomic E-state index is 12.3. The number of sulfone groups is 1. The topological polar surface area (TPSA) is 86.2 Å². The SMILES string of the molecule is Nc1noc(C2CCCCS2(=O)=O)c1-c1ccccc1Cl. The molecule has 2 aromatic rings. The van der Waals surface area contributed by atoms with Gasteiger partial charge in [-0.1, -0.05) is 41.4 Å². The Morgan fingerprint density at radius 1 is 1.29 bits per heavy atom. The summed E-state index contributed by atoms with van der Waals surface area (Å²) in [5, 5.41) is 3.55. The second-order valence-corrected chi connectivity index (χ2v) is 7.85. The second kappa shape index (κ2) is 5.35. The fourth-order valence-corrected chi connectivity index (χ4v) is 4.85. The molecule has 1 unspecified atom stereocenters. The van der Waals surface area contributed by atoms with Gasteiger partial charge in [0.1, 0.15) is 5.25 Å². The predicted octanol–water partition coefficient (Wildman–Crippen LogP) is 3.22. The third-order valence-electron chi connectivity index (χ3n) is 3.76. The fraction of sp³-hybridized carbons (Fsp3) is 0.357. The highest BCUT2D eigenvalue weighted by molar-refractivity contribution is 7.91. The summed E-state index contributed by atoms with van der Waals surface area (Å²) in [5.41, 5.74) is 7.02. The molecule has 1 aromatic carbocycles. The van der Waals surface area contributed by atoms with Gasteiger partial charge < -0.3 is 10.3 Å². The van der Waals surface area contributed by atoms with Gasteiger partial charge in [0, 0.05) is 10.6 Å². The van der Waals surface area contributed by atoms with Gasteiger partial charge in [-0.25, -0.2) is 8.42 Å². The number of nitrogens with zero attached hydrogens (tertiary/aromatic N) is 1. The summed E-state index contributed by atoms with van der Waals surface area (Å²) in [5.74, 6) is 0.638. The first-order valence-electron chi connectivity index (χ1n) is 6.72.